The third kappa shape index (κ3) is 2.75. The Hall–Kier alpha value is -0.120. The van der Waals surface area contributed by atoms with Crippen molar-refractivity contribution in [3.63, 3.8) is 0 Å². The zero-order valence-corrected chi connectivity index (χ0v) is 13.0. The van der Waals surface area contributed by atoms with Crippen LogP contribution < -0.4 is 0 Å². The second kappa shape index (κ2) is 5.20. The molecule has 12 heteroatoms. The number of alkyl halides is 12. The minimum atomic E-state index is -5.06. The molecule has 0 heterocycles. The van der Waals surface area contributed by atoms with E-state index in [4.69, 9.17) is 23.2 Å². The van der Waals surface area contributed by atoms with Gasteiger partial charge in [0, 0.05) is 37.5 Å². The fourth-order valence-electron chi connectivity index (χ4n) is 2.80. The van der Waals surface area contributed by atoms with Crippen LogP contribution in [0.3, 0.4) is 0 Å². The first kappa shape index (κ1) is 20.2. The predicted octanol–water partition coefficient (Wildman–Crippen LogP) is 6.16. The molecule has 0 aliphatic heterocycles. The Morgan fingerprint density at radius 3 is 1.08 bits per heavy atom. The summed E-state index contributed by atoms with van der Waals surface area (Å²) in [4.78, 5) is 0. The van der Waals surface area contributed by atoms with Gasteiger partial charge >= 0.3 is 11.8 Å². The van der Waals surface area contributed by atoms with Crippen LogP contribution in [0.2, 0.25) is 0 Å². The van der Waals surface area contributed by atoms with Gasteiger partial charge in [-0.1, -0.05) is 23.2 Å². The van der Waals surface area contributed by atoms with Gasteiger partial charge in [-0.05, 0) is 0 Å². The highest BCUT2D eigenvalue weighted by molar-refractivity contribution is 6.24. The summed E-state index contributed by atoms with van der Waals surface area (Å²) in [6.07, 6.45) is -7.02. The van der Waals surface area contributed by atoms with Crippen LogP contribution in [0.5, 0.6) is 0 Å². The average Bonchev–Trinajstić information content (AvgIpc) is 2.36. The standard InChI is InChI=1S/C12H10Cl2F10/c13-11(23)5(3-9(11,19)20)1-7(15,16)8(17,18)2-6-4-10(21,22)12(6,14)24/h5-6H,1-4H2/t5-,6+,11+,12-. The van der Waals surface area contributed by atoms with Gasteiger partial charge in [0.2, 0.25) is 10.3 Å². The maximum Gasteiger partial charge on any atom is 0.310 e. The Morgan fingerprint density at radius 1 is 0.667 bits per heavy atom. The Morgan fingerprint density at radius 2 is 0.917 bits per heavy atom. The average molecular weight is 415 g/mol. The molecule has 2 aliphatic carbocycles. The normalized spacial score (nSPS) is 41.5. The molecule has 24 heavy (non-hydrogen) atoms. The maximum absolute atomic E-state index is 13.7. The first-order chi connectivity index (χ1) is 10.4. The highest BCUT2D eigenvalue weighted by atomic mass is 35.5. The molecule has 0 radical (unpaired) electrons. The lowest BCUT2D eigenvalue weighted by molar-refractivity contribution is -0.280. The third-order valence-corrected chi connectivity index (χ3v) is 5.72. The van der Waals surface area contributed by atoms with Gasteiger partial charge in [-0.3, -0.25) is 0 Å². The molecule has 0 N–H and O–H groups in total. The minimum absolute atomic E-state index is 1.47. The molecular formula is C12H10Cl2F10. The van der Waals surface area contributed by atoms with Gasteiger partial charge in [-0.25, -0.2) is 26.3 Å². The van der Waals surface area contributed by atoms with Crippen LogP contribution in [0.4, 0.5) is 43.9 Å². The predicted molar refractivity (Wildman–Crippen MR) is 64.6 cm³/mol. The minimum Gasteiger partial charge on any atom is -0.219 e. The van der Waals surface area contributed by atoms with Crippen LogP contribution in [-0.4, -0.2) is 33.9 Å². The van der Waals surface area contributed by atoms with Crippen molar-refractivity contribution in [3.8, 4) is 0 Å². The Labute approximate surface area is 139 Å². The largest absolute Gasteiger partial charge is 0.310 e. The lowest BCUT2D eigenvalue weighted by Gasteiger charge is -2.49. The highest BCUT2D eigenvalue weighted by Gasteiger charge is 2.75. The zero-order valence-electron chi connectivity index (χ0n) is 11.5. The van der Waals surface area contributed by atoms with Crippen molar-refractivity contribution in [2.24, 2.45) is 11.8 Å². The Kier molecular flexibility index (Phi) is 4.38. The van der Waals surface area contributed by atoms with Crippen LogP contribution in [0, 0.1) is 11.8 Å². The van der Waals surface area contributed by atoms with Gasteiger partial charge in [0.1, 0.15) is 0 Å². The molecule has 0 aromatic heterocycles. The quantitative estimate of drug-likeness (QED) is 0.373. The molecule has 0 saturated heterocycles. The van der Waals surface area contributed by atoms with Gasteiger partial charge in [-0.2, -0.15) is 17.6 Å². The molecule has 2 saturated carbocycles. The summed E-state index contributed by atoms with van der Waals surface area (Å²) in [7, 11) is 0. The fourth-order valence-corrected chi connectivity index (χ4v) is 3.26. The zero-order chi connectivity index (χ0) is 19.0. The first-order valence-electron chi connectivity index (χ1n) is 6.64. The molecule has 0 aromatic rings. The molecule has 2 rings (SSSR count). The molecule has 0 nitrogen and oxygen atoms in total. The summed E-state index contributed by atoms with van der Waals surface area (Å²) in [6, 6.07) is 0. The molecule has 4 atom stereocenters. The summed E-state index contributed by atoms with van der Waals surface area (Å²) in [5, 5.41) is -7.82. The maximum atomic E-state index is 13.7. The molecule has 0 unspecified atom stereocenters. The highest BCUT2D eigenvalue weighted by Crippen LogP contribution is 2.63. The Balaban J connectivity index is 2.06. The summed E-state index contributed by atoms with van der Waals surface area (Å²) in [5.41, 5.74) is 0. The van der Waals surface area contributed by atoms with E-state index in [0.717, 1.165) is 0 Å². The van der Waals surface area contributed by atoms with E-state index in [1.54, 1.807) is 0 Å². The smallest absolute Gasteiger partial charge is 0.219 e. The monoisotopic (exact) mass is 414 g/mol. The molecule has 0 spiro atoms. The van der Waals surface area contributed by atoms with E-state index in [2.05, 4.69) is 0 Å². The van der Waals surface area contributed by atoms with Gasteiger partial charge in [0.25, 0.3) is 11.8 Å². The van der Waals surface area contributed by atoms with Gasteiger partial charge in [0.05, 0.1) is 0 Å². The number of hydrogen-bond donors (Lipinski definition) is 0. The summed E-state index contributed by atoms with van der Waals surface area (Å²) >= 11 is 9.54. The topological polar surface area (TPSA) is 0 Å². The first-order valence-corrected chi connectivity index (χ1v) is 7.40. The van der Waals surface area contributed by atoms with Gasteiger partial charge < -0.3 is 0 Å². The molecule has 2 fully saturated rings. The fraction of sp³-hybridized carbons (Fsp3) is 1.00. The van der Waals surface area contributed by atoms with Crippen LogP contribution in [0.1, 0.15) is 25.7 Å². The lowest BCUT2D eigenvalue weighted by Crippen LogP contribution is -2.62. The number of halogens is 12. The van der Waals surface area contributed by atoms with Crippen molar-refractivity contribution < 1.29 is 43.9 Å². The molecule has 0 bridgehead atoms. The van der Waals surface area contributed by atoms with E-state index in [1.165, 1.54) is 0 Å². The second-order valence-electron chi connectivity index (χ2n) is 6.27. The van der Waals surface area contributed by atoms with Crippen LogP contribution in [0.15, 0.2) is 0 Å². The van der Waals surface area contributed by atoms with Crippen molar-refractivity contribution in [3.05, 3.63) is 0 Å². The van der Waals surface area contributed by atoms with Crippen molar-refractivity contribution in [1.29, 1.82) is 0 Å². The van der Waals surface area contributed by atoms with Crippen LogP contribution >= 0.6 is 23.2 Å². The van der Waals surface area contributed by atoms with E-state index in [9.17, 15) is 43.9 Å². The van der Waals surface area contributed by atoms with Crippen LogP contribution in [-0.2, 0) is 0 Å². The number of rotatable bonds is 5. The molecule has 0 aromatic carbocycles. The Bertz CT molecular complexity index is 470. The van der Waals surface area contributed by atoms with Crippen molar-refractivity contribution in [1.82, 2.24) is 0 Å². The van der Waals surface area contributed by atoms with Crippen molar-refractivity contribution >= 4 is 23.2 Å². The van der Waals surface area contributed by atoms with Gasteiger partial charge in [-0.15, -0.1) is 0 Å². The van der Waals surface area contributed by atoms with E-state index < -0.39 is 71.5 Å². The third-order valence-electron chi connectivity index (χ3n) is 4.55. The summed E-state index contributed by atoms with van der Waals surface area (Å²) in [6.45, 7) is 0. The van der Waals surface area contributed by atoms with E-state index in [0.29, 0.717) is 0 Å². The van der Waals surface area contributed by atoms with E-state index >= 15 is 0 Å². The molecule has 0 amide bonds. The lowest BCUT2D eigenvalue weighted by atomic mass is 9.71. The van der Waals surface area contributed by atoms with Crippen LogP contribution in [0.25, 0.3) is 0 Å². The van der Waals surface area contributed by atoms with Gasteiger partial charge in [0.15, 0.2) is 0 Å². The summed E-state index contributed by atoms with van der Waals surface area (Å²) < 4.78 is 133. The molecular weight excluding hydrogens is 405 g/mol. The molecule has 2 aliphatic rings. The van der Waals surface area contributed by atoms with E-state index in [-0.39, 0.29) is 0 Å². The van der Waals surface area contributed by atoms with Crippen molar-refractivity contribution in [2.45, 2.75) is 59.6 Å². The van der Waals surface area contributed by atoms with E-state index in [1.807, 2.05) is 0 Å². The number of hydrogen-bond acceptors (Lipinski definition) is 0. The second-order valence-corrected chi connectivity index (χ2v) is 7.37. The summed E-state index contributed by atoms with van der Waals surface area (Å²) in [5.74, 6) is -23.0. The van der Waals surface area contributed by atoms with Crippen molar-refractivity contribution in [2.75, 3.05) is 0 Å². The molecule has 142 valence electrons. The SMILES string of the molecule is FC(F)(C[C@H]1CC(F)(F)[C@@]1(F)Cl)C(F)(F)C[C@@H]1CC(F)(F)[C@]1(F)Cl.